The van der Waals surface area contributed by atoms with E-state index in [1.54, 1.807) is 24.3 Å². The number of aryl methyl sites for hydroxylation is 2. The number of ether oxygens (including phenoxy) is 2. The number of hydrogen-bond acceptors (Lipinski definition) is 8. The van der Waals surface area contributed by atoms with Gasteiger partial charge in [-0.1, -0.05) is 64.8 Å². The zero-order valence-electron chi connectivity index (χ0n) is 22.9. The van der Waals surface area contributed by atoms with Crippen LogP contribution >= 0.6 is 46.3 Å². The van der Waals surface area contributed by atoms with Crippen LogP contribution < -0.4 is 10.1 Å². The van der Waals surface area contributed by atoms with Crippen molar-refractivity contribution in [2.75, 3.05) is 18.2 Å². The molecule has 4 aromatic rings. The molecule has 41 heavy (non-hydrogen) atoms. The molecular weight excluding hydrogens is 603 g/mol. The summed E-state index contributed by atoms with van der Waals surface area (Å²) in [4.78, 5) is 25.8. The summed E-state index contributed by atoms with van der Waals surface area (Å²) in [7, 11) is 1.32. The van der Waals surface area contributed by atoms with Gasteiger partial charge in [0.25, 0.3) is 0 Å². The van der Waals surface area contributed by atoms with Crippen LogP contribution in [0, 0.1) is 13.8 Å². The van der Waals surface area contributed by atoms with E-state index in [0.29, 0.717) is 43.9 Å². The Balaban J connectivity index is 1.50. The maximum atomic E-state index is 13.0. The molecular formula is C29H28Cl2N4O4S2. The summed E-state index contributed by atoms with van der Waals surface area (Å²) in [6.07, 6.45) is 1.21. The Morgan fingerprint density at radius 3 is 2.66 bits per heavy atom. The lowest BCUT2D eigenvalue weighted by atomic mass is 9.97. The monoisotopic (exact) mass is 630 g/mol. The van der Waals surface area contributed by atoms with Crippen LogP contribution in [-0.4, -0.2) is 39.5 Å². The summed E-state index contributed by atoms with van der Waals surface area (Å²) in [5, 5.41) is 15.1. The van der Waals surface area contributed by atoms with E-state index < -0.39 is 12.1 Å². The number of halogens is 2. The number of esters is 1. The maximum Gasteiger partial charge on any atom is 0.341 e. The van der Waals surface area contributed by atoms with Gasteiger partial charge in [0.15, 0.2) is 17.1 Å². The molecule has 1 unspecified atom stereocenters. The van der Waals surface area contributed by atoms with Gasteiger partial charge in [-0.25, -0.2) is 4.79 Å². The van der Waals surface area contributed by atoms with Crippen molar-refractivity contribution in [2.24, 2.45) is 0 Å². The highest BCUT2D eigenvalue weighted by Crippen LogP contribution is 2.38. The number of nitrogens with zero attached hydrogens (tertiary/aromatic N) is 3. The van der Waals surface area contributed by atoms with Gasteiger partial charge in [-0.15, -0.1) is 28.1 Å². The van der Waals surface area contributed by atoms with E-state index in [1.807, 2.05) is 48.9 Å². The molecule has 2 heterocycles. The second-order valence-corrected chi connectivity index (χ2v) is 11.7. The van der Waals surface area contributed by atoms with E-state index >= 15 is 0 Å². The van der Waals surface area contributed by atoms with Crippen LogP contribution in [-0.2, 0) is 16.1 Å². The number of allylic oxidation sites excluding steroid dienone is 1. The Kier molecular flexibility index (Phi) is 10.1. The Labute approximate surface area is 256 Å². The van der Waals surface area contributed by atoms with E-state index in [-0.39, 0.29) is 11.7 Å². The number of thiophene rings is 1. The molecule has 214 valence electrons. The van der Waals surface area contributed by atoms with Crippen LogP contribution in [0.1, 0.15) is 40.3 Å². The molecule has 0 fully saturated rings. The van der Waals surface area contributed by atoms with Gasteiger partial charge in [-0.2, -0.15) is 0 Å². The van der Waals surface area contributed by atoms with Crippen LogP contribution in [0.3, 0.4) is 0 Å². The highest BCUT2D eigenvalue weighted by molar-refractivity contribution is 7.99. The maximum absolute atomic E-state index is 13.0. The fourth-order valence-corrected chi connectivity index (χ4v) is 6.27. The fraction of sp³-hybridized carbons (Fsp3) is 0.241. The topological polar surface area (TPSA) is 95.3 Å². The van der Waals surface area contributed by atoms with Gasteiger partial charge in [0, 0.05) is 22.5 Å². The predicted octanol–water partition coefficient (Wildman–Crippen LogP) is 7.77. The predicted molar refractivity (Wildman–Crippen MR) is 166 cm³/mol. The molecule has 0 saturated heterocycles. The highest BCUT2D eigenvalue weighted by atomic mass is 35.5. The summed E-state index contributed by atoms with van der Waals surface area (Å²) < 4.78 is 12.9. The first-order valence-electron chi connectivity index (χ1n) is 12.5. The molecule has 8 nitrogen and oxygen atoms in total. The van der Waals surface area contributed by atoms with E-state index in [1.165, 1.54) is 30.2 Å². The van der Waals surface area contributed by atoms with Crippen LogP contribution in [0.5, 0.6) is 5.75 Å². The zero-order chi connectivity index (χ0) is 29.7. The number of thioether (sulfide) groups is 1. The lowest BCUT2D eigenvalue weighted by Gasteiger charge is -2.16. The summed E-state index contributed by atoms with van der Waals surface area (Å²) in [5.74, 6) is 0.216. The van der Waals surface area contributed by atoms with E-state index in [0.717, 1.165) is 22.3 Å². The Bertz CT molecular complexity index is 1600. The molecule has 1 N–H and O–H groups in total. The second-order valence-electron chi connectivity index (χ2n) is 9.08. The van der Waals surface area contributed by atoms with Gasteiger partial charge in [-0.05, 0) is 50.1 Å². The van der Waals surface area contributed by atoms with Gasteiger partial charge in [0.05, 0.1) is 17.9 Å². The van der Waals surface area contributed by atoms with Gasteiger partial charge in [0.2, 0.25) is 5.91 Å². The average molecular weight is 632 g/mol. The molecule has 0 radical (unpaired) electrons. The van der Waals surface area contributed by atoms with Crippen molar-refractivity contribution in [3.8, 4) is 16.9 Å². The second kappa shape index (κ2) is 13.6. The number of amides is 1. The lowest BCUT2D eigenvalue weighted by Crippen LogP contribution is -2.17. The third-order valence-corrected chi connectivity index (χ3v) is 8.46. The highest BCUT2D eigenvalue weighted by Gasteiger charge is 2.24. The summed E-state index contributed by atoms with van der Waals surface area (Å²) >= 11 is 14.7. The first kappa shape index (κ1) is 30.6. The van der Waals surface area contributed by atoms with Gasteiger partial charge < -0.3 is 14.8 Å². The van der Waals surface area contributed by atoms with Crippen molar-refractivity contribution in [2.45, 2.75) is 38.6 Å². The van der Waals surface area contributed by atoms with Crippen molar-refractivity contribution in [3.63, 3.8) is 0 Å². The van der Waals surface area contributed by atoms with E-state index in [4.69, 9.17) is 32.7 Å². The summed E-state index contributed by atoms with van der Waals surface area (Å²) in [6.45, 7) is 10.0. The van der Waals surface area contributed by atoms with Crippen LogP contribution in [0.15, 0.2) is 59.6 Å². The minimum atomic E-state index is -0.518. The number of carbonyl (C=O) groups excluding carboxylic acids is 2. The smallest absolute Gasteiger partial charge is 0.341 e. The molecule has 12 heteroatoms. The Hall–Kier alpha value is -3.31. The number of benzene rings is 2. The Morgan fingerprint density at radius 2 is 1.95 bits per heavy atom. The molecule has 1 atom stereocenters. The first-order valence-corrected chi connectivity index (χ1v) is 15.1. The number of hydrogen-bond donors (Lipinski definition) is 1. The number of nitrogens with one attached hydrogen (secondary N) is 1. The summed E-state index contributed by atoms with van der Waals surface area (Å²) in [6, 6.07) is 11.0. The number of rotatable bonds is 11. The lowest BCUT2D eigenvalue weighted by molar-refractivity contribution is -0.113. The number of anilines is 1. The molecule has 0 spiro atoms. The van der Waals surface area contributed by atoms with Crippen molar-refractivity contribution >= 4 is 63.2 Å². The van der Waals surface area contributed by atoms with Crippen LogP contribution in [0.2, 0.25) is 10.0 Å². The molecule has 1 amide bonds. The first-order chi connectivity index (χ1) is 19.6. The van der Waals surface area contributed by atoms with E-state index in [2.05, 4.69) is 22.1 Å². The van der Waals surface area contributed by atoms with Gasteiger partial charge in [0.1, 0.15) is 16.3 Å². The molecule has 0 saturated carbocycles. The Morgan fingerprint density at radius 1 is 1.17 bits per heavy atom. The standard InChI is InChI=1S/C29H28Cl2N4O4S2/c1-6-11-35-26(18(4)39-23-10-9-19(30)13-22(23)31)33-34-29(35)41-15-24(36)32-27-25(28(37)38-5)21(14-40-27)20-12-16(2)7-8-17(20)3/h6-10,12-14,18H,1,11,15H2,2-5H3,(H,32,36). The fourth-order valence-electron chi connectivity index (χ4n) is 4.09. The normalized spacial score (nSPS) is 11.7. The number of carbonyl (C=O) groups is 2. The van der Waals surface area contributed by atoms with Crippen molar-refractivity contribution in [1.29, 1.82) is 0 Å². The molecule has 0 bridgehead atoms. The summed E-state index contributed by atoms with van der Waals surface area (Å²) in [5.41, 5.74) is 4.04. The van der Waals surface area contributed by atoms with Crippen molar-refractivity contribution in [1.82, 2.24) is 14.8 Å². The molecule has 2 aromatic heterocycles. The molecule has 0 aliphatic rings. The largest absolute Gasteiger partial charge is 0.481 e. The van der Waals surface area contributed by atoms with Crippen LogP contribution in [0.25, 0.3) is 11.1 Å². The minimum absolute atomic E-state index is 0.0326. The van der Waals surface area contributed by atoms with Crippen LogP contribution in [0.4, 0.5) is 5.00 Å². The van der Waals surface area contributed by atoms with E-state index in [9.17, 15) is 9.59 Å². The van der Waals surface area contributed by atoms with Crippen molar-refractivity contribution in [3.05, 3.63) is 87.0 Å². The minimum Gasteiger partial charge on any atom is -0.481 e. The molecule has 0 aliphatic carbocycles. The van der Waals surface area contributed by atoms with Gasteiger partial charge >= 0.3 is 5.97 Å². The number of aromatic nitrogens is 3. The molecule has 2 aromatic carbocycles. The third-order valence-electron chi connectivity index (χ3n) is 6.07. The molecule has 4 rings (SSSR count). The number of methoxy groups -OCH3 is 1. The SMILES string of the molecule is C=CCn1c(SCC(=O)Nc2scc(-c3cc(C)ccc3C)c2C(=O)OC)nnc1C(C)Oc1ccc(Cl)cc1Cl. The zero-order valence-corrected chi connectivity index (χ0v) is 26.0. The quantitative estimate of drug-likeness (QED) is 0.103. The third kappa shape index (κ3) is 7.13. The molecule has 0 aliphatic heterocycles. The average Bonchev–Trinajstić information content (AvgIpc) is 3.54. The van der Waals surface area contributed by atoms with Crippen molar-refractivity contribution < 1.29 is 19.1 Å². The van der Waals surface area contributed by atoms with Gasteiger partial charge in [-0.3, -0.25) is 9.36 Å².